The van der Waals surface area contributed by atoms with Gasteiger partial charge in [0.1, 0.15) is 0 Å². The molecule has 8 nitrogen and oxygen atoms in total. The van der Waals surface area contributed by atoms with E-state index in [1.165, 1.54) is 14.2 Å². The molecule has 0 aliphatic carbocycles. The Morgan fingerprint density at radius 1 is 1.24 bits per heavy atom. The van der Waals surface area contributed by atoms with Crippen LogP contribution in [0.5, 0.6) is 12.0 Å². The van der Waals surface area contributed by atoms with Gasteiger partial charge in [-0.3, -0.25) is 5.41 Å². The van der Waals surface area contributed by atoms with Gasteiger partial charge in [-0.2, -0.15) is 9.97 Å². The summed E-state index contributed by atoms with van der Waals surface area (Å²) < 4.78 is 9.87. The Hall–Kier alpha value is -2.12. The Morgan fingerprint density at radius 3 is 2.18 bits per heavy atom. The summed E-state index contributed by atoms with van der Waals surface area (Å²) in [4.78, 5) is 13.8. The first-order valence-corrected chi connectivity index (χ1v) is 4.95. The van der Waals surface area contributed by atoms with Crippen LogP contribution in [-0.2, 0) is 0 Å². The molecule has 0 fully saturated rings. The van der Waals surface area contributed by atoms with Crippen LogP contribution in [0.4, 0.5) is 5.95 Å². The smallest absolute Gasteiger partial charge is 0.324 e. The van der Waals surface area contributed by atoms with E-state index < -0.39 is 0 Å². The molecule has 0 amide bonds. The third-order valence-electron chi connectivity index (χ3n) is 2.01. The van der Waals surface area contributed by atoms with E-state index >= 15 is 0 Å². The predicted molar refractivity (Wildman–Crippen MR) is 62.7 cm³/mol. The lowest BCUT2D eigenvalue weighted by Gasteiger charge is -2.16. The van der Waals surface area contributed by atoms with E-state index in [1.54, 1.807) is 11.9 Å². The number of hydrogen-bond donors (Lipinski definition) is 2. The van der Waals surface area contributed by atoms with Crippen molar-refractivity contribution in [3.8, 4) is 12.0 Å². The maximum atomic E-state index is 7.16. The van der Waals surface area contributed by atoms with Crippen molar-refractivity contribution < 1.29 is 9.47 Å². The van der Waals surface area contributed by atoms with Gasteiger partial charge in [-0.1, -0.05) is 0 Å². The van der Waals surface area contributed by atoms with Crippen molar-refractivity contribution in [3.05, 3.63) is 0 Å². The van der Waals surface area contributed by atoms with Gasteiger partial charge in [-0.25, -0.2) is 0 Å². The van der Waals surface area contributed by atoms with E-state index in [0.717, 1.165) is 0 Å². The molecule has 3 N–H and O–H groups in total. The fraction of sp³-hybridized carbons (Fsp3) is 0.556. The summed E-state index contributed by atoms with van der Waals surface area (Å²) in [6.45, 7) is 0.533. The zero-order valence-corrected chi connectivity index (χ0v) is 10.1. The van der Waals surface area contributed by atoms with Crippen molar-refractivity contribution in [1.82, 2.24) is 15.0 Å². The van der Waals surface area contributed by atoms with Gasteiger partial charge in [0.05, 0.1) is 20.1 Å². The number of ether oxygens (including phenoxy) is 2. The number of hydrogen-bond acceptors (Lipinski definition) is 7. The van der Waals surface area contributed by atoms with Crippen LogP contribution in [0.2, 0.25) is 0 Å². The van der Waals surface area contributed by atoms with Crippen LogP contribution in [0.15, 0.2) is 0 Å². The molecule has 0 bridgehead atoms. The SMILES string of the molecule is COc1nc(OC)nc(N(C)CCC(=N)N)n1. The van der Waals surface area contributed by atoms with Gasteiger partial charge in [-0.15, -0.1) is 4.98 Å². The van der Waals surface area contributed by atoms with E-state index in [9.17, 15) is 0 Å². The van der Waals surface area contributed by atoms with Gasteiger partial charge in [0, 0.05) is 20.0 Å². The van der Waals surface area contributed by atoms with E-state index in [-0.39, 0.29) is 17.9 Å². The number of rotatable bonds is 6. The molecule has 17 heavy (non-hydrogen) atoms. The van der Waals surface area contributed by atoms with Gasteiger partial charge in [0.15, 0.2) is 0 Å². The second-order valence-electron chi connectivity index (χ2n) is 3.31. The van der Waals surface area contributed by atoms with Crippen LogP contribution in [0.3, 0.4) is 0 Å². The summed E-state index contributed by atoms with van der Waals surface area (Å²) in [6.07, 6.45) is 0.437. The Balaban J connectivity index is 2.84. The summed E-state index contributed by atoms with van der Waals surface area (Å²) >= 11 is 0. The molecule has 0 aliphatic rings. The topological polar surface area (TPSA) is 110 Å². The van der Waals surface area contributed by atoms with Crippen molar-refractivity contribution in [2.24, 2.45) is 5.73 Å². The molecule has 94 valence electrons. The second kappa shape index (κ2) is 5.83. The van der Waals surface area contributed by atoms with Crippen molar-refractivity contribution in [3.63, 3.8) is 0 Å². The zero-order chi connectivity index (χ0) is 12.8. The first-order valence-electron chi connectivity index (χ1n) is 4.95. The zero-order valence-electron chi connectivity index (χ0n) is 10.1. The molecule has 1 rings (SSSR count). The summed E-state index contributed by atoms with van der Waals surface area (Å²) in [6, 6.07) is 0.364. The lowest BCUT2D eigenvalue weighted by atomic mass is 10.4. The summed E-state index contributed by atoms with van der Waals surface area (Å²) in [5, 5.41) is 7.16. The van der Waals surface area contributed by atoms with Crippen molar-refractivity contribution in [2.45, 2.75) is 6.42 Å². The van der Waals surface area contributed by atoms with E-state index in [2.05, 4.69) is 15.0 Å². The van der Waals surface area contributed by atoms with Crippen molar-refractivity contribution in [1.29, 1.82) is 5.41 Å². The molecule has 1 aromatic heterocycles. The third-order valence-corrected chi connectivity index (χ3v) is 2.01. The van der Waals surface area contributed by atoms with Crippen LogP contribution in [0, 0.1) is 5.41 Å². The molecule has 0 spiro atoms. The number of nitrogens with one attached hydrogen (secondary N) is 1. The van der Waals surface area contributed by atoms with Crippen LogP contribution in [-0.4, -0.2) is 48.6 Å². The highest BCUT2D eigenvalue weighted by Crippen LogP contribution is 2.14. The maximum Gasteiger partial charge on any atom is 0.324 e. The molecular weight excluding hydrogens is 224 g/mol. The number of amidine groups is 1. The first kappa shape index (κ1) is 12.9. The highest BCUT2D eigenvalue weighted by Gasteiger charge is 2.11. The van der Waals surface area contributed by atoms with Crippen LogP contribution >= 0.6 is 0 Å². The van der Waals surface area contributed by atoms with Gasteiger partial charge < -0.3 is 20.1 Å². The number of methoxy groups -OCH3 is 2. The minimum absolute atomic E-state index is 0.116. The Labute approximate surface area is 99.3 Å². The van der Waals surface area contributed by atoms with Crippen LogP contribution < -0.4 is 20.1 Å². The predicted octanol–water partition coefficient (Wildman–Crippen LogP) is -0.349. The highest BCUT2D eigenvalue weighted by atomic mass is 16.5. The van der Waals surface area contributed by atoms with Crippen LogP contribution in [0.25, 0.3) is 0 Å². The van der Waals surface area contributed by atoms with Gasteiger partial charge in [0.25, 0.3) is 0 Å². The summed E-state index contributed by atoms with van der Waals surface area (Å²) in [5.74, 6) is 0.528. The normalized spacial score (nSPS) is 9.82. The maximum absolute atomic E-state index is 7.16. The second-order valence-corrected chi connectivity index (χ2v) is 3.31. The molecule has 1 aromatic rings. The molecule has 0 aromatic carbocycles. The number of aromatic nitrogens is 3. The lowest BCUT2D eigenvalue weighted by Crippen LogP contribution is -2.25. The molecule has 0 saturated heterocycles. The first-order chi connectivity index (χ1) is 8.06. The third kappa shape index (κ3) is 3.74. The fourth-order valence-corrected chi connectivity index (χ4v) is 1.07. The number of nitrogens with zero attached hydrogens (tertiary/aromatic N) is 4. The lowest BCUT2D eigenvalue weighted by molar-refractivity contribution is 0.340. The summed E-state index contributed by atoms with van der Waals surface area (Å²) in [5.41, 5.74) is 5.29. The van der Waals surface area contributed by atoms with Crippen molar-refractivity contribution in [2.75, 3.05) is 32.7 Å². The fourth-order valence-electron chi connectivity index (χ4n) is 1.07. The minimum Gasteiger partial charge on any atom is -0.467 e. The van der Waals surface area contributed by atoms with E-state index in [1.807, 2.05) is 0 Å². The average molecular weight is 240 g/mol. The van der Waals surface area contributed by atoms with E-state index in [4.69, 9.17) is 20.6 Å². The van der Waals surface area contributed by atoms with Crippen molar-refractivity contribution >= 4 is 11.8 Å². The monoisotopic (exact) mass is 240 g/mol. The van der Waals surface area contributed by atoms with Gasteiger partial charge >= 0.3 is 12.0 Å². The molecular formula is C9H16N6O2. The minimum atomic E-state index is 0.116. The molecule has 0 unspecified atom stereocenters. The highest BCUT2D eigenvalue weighted by molar-refractivity contribution is 5.77. The molecule has 0 aliphatic heterocycles. The molecule has 1 heterocycles. The Kier molecular flexibility index (Phi) is 4.44. The Bertz CT molecular complexity index is 375. The molecule has 0 atom stereocenters. The number of anilines is 1. The molecule has 0 saturated carbocycles. The Morgan fingerprint density at radius 2 is 1.76 bits per heavy atom. The quantitative estimate of drug-likeness (QED) is 0.516. The summed E-state index contributed by atoms with van der Waals surface area (Å²) in [7, 11) is 4.72. The van der Waals surface area contributed by atoms with E-state index in [0.29, 0.717) is 18.9 Å². The standard InChI is InChI=1S/C9H16N6O2/c1-15(5-4-6(10)11)7-12-8(16-2)14-9(13-7)17-3/h4-5H2,1-3H3,(H3,10,11). The molecule has 8 heteroatoms. The van der Waals surface area contributed by atoms with Gasteiger partial charge in [-0.05, 0) is 0 Å². The largest absolute Gasteiger partial charge is 0.467 e. The number of nitrogens with two attached hydrogens (primary N) is 1. The average Bonchev–Trinajstić information content (AvgIpc) is 2.34. The van der Waals surface area contributed by atoms with Gasteiger partial charge in [0.2, 0.25) is 5.95 Å². The molecule has 0 radical (unpaired) electrons. The van der Waals surface area contributed by atoms with Crippen LogP contribution in [0.1, 0.15) is 6.42 Å².